The minimum atomic E-state index is 0.821. The van der Waals surface area contributed by atoms with Crippen molar-refractivity contribution in [2.24, 2.45) is 5.92 Å². The van der Waals surface area contributed by atoms with Gasteiger partial charge in [-0.05, 0) is 19.9 Å². The fourth-order valence-electron chi connectivity index (χ4n) is 2.55. The second kappa shape index (κ2) is 4.97. The van der Waals surface area contributed by atoms with E-state index in [1.165, 1.54) is 37.4 Å². The third-order valence-electron chi connectivity index (χ3n) is 3.18. The number of nitrogens with one attached hydrogen (secondary N) is 1. The minimum Gasteiger partial charge on any atom is -0.466 e. The molecule has 3 fully saturated rings. The molecule has 0 aromatic carbocycles. The van der Waals surface area contributed by atoms with Crippen molar-refractivity contribution in [2.75, 3.05) is 26.7 Å². The molecule has 3 heterocycles. The SMILES string of the molecule is CC.[CH2-][NH+]1CC2CCC(C1)N(C)C2. The summed E-state index contributed by atoms with van der Waals surface area (Å²) in [4.78, 5) is 4.01. The highest BCUT2D eigenvalue weighted by atomic mass is 15.2. The lowest BCUT2D eigenvalue weighted by atomic mass is 9.96. The minimum absolute atomic E-state index is 0.821. The molecule has 0 aliphatic carbocycles. The number of likely N-dealkylation sites (N-methyl/N-ethyl adjacent to an activating group) is 1. The van der Waals surface area contributed by atoms with E-state index in [2.05, 4.69) is 19.0 Å². The first-order valence-corrected chi connectivity index (χ1v) is 5.62. The predicted molar refractivity (Wildman–Crippen MR) is 56.5 cm³/mol. The molecule has 0 amide bonds. The van der Waals surface area contributed by atoms with Crippen molar-refractivity contribution in [1.29, 1.82) is 0 Å². The van der Waals surface area contributed by atoms with E-state index in [1.807, 2.05) is 13.8 Å². The summed E-state index contributed by atoms with van der Waals surface area (Å²) in [6.45, 7) is 7.86. The Labute approximate surface area is 82.9 Å². The van der Waals surface area contributed by atoms with Gasteiger partial charge in [0.15, 0.2) is 0 Å². The van der Waals surface area contributed by atoms with Gasteiger partial charge in [-0.3, -0.25) is 4.90 Å². The molecule has 0 saturated carbocycles. The zero-order chi connectivity index (χ0) is 9.84. The summed E-state index contributed by atoms with van der Waals surface area (Å²) in [5.74, 6) is 0.922. The summed E-state index contributed by atoms with van der Waals surface area (Å²) in [5, 5.41) is 0. The molecule has 0 radical (unpaired) electrons. The molecule has 13 heavy (non-hydrogen) atoms. The van der Waals surface area contributed by atoms with Gasteiger partial charge in [0.2, 0.25) is 0 Å². The van der Waals surface area contributed by atoms with Gasteiger partial charge in [-0.2, -0.15) is 7.05 Å². The van der Waals surface area contributed by atoms with Crippen LogP contribution in [0, 0.1) is 13.0 Å². The average Bonchev–Trinajstić information content (AvgIpc) is 2.37. The number of nitrogens with zero attached hydrogens (tertiary/aromatic N) is 1. The number of fused-ring (bicyclic) bond motifs is 4. The number of rotatable bonds is 0. The van der Waals surface area contributed by atoms with Crippen molar-refractivity contribution in [1.82, 2.24) is 4.90 Å². The highest BCUT2D eigenvalue weighted by molar-refractivity contribution is 4.81. The van der Waals surface area contributed by atoms with Crippen LogP contribution in [0.3, 0.4) is 0 Å². The Morgan fingerprint density at radius 3 is 2.54 bits per heavy atom. The van der Waals surface area contributed by atoms with Gasteiger partial charge < -0.3 is 4.90 Å². The topological polar surface area (TPSA) is 7.68 Å². The summed E-state index contributed by atoms with van der Waals surface area (Å²) >= 11 is 0. The Hall–Kier alpha value is -0.0800. The maximum Gasteiger partial charge on any atom is 0.0688 e. The fraction of sp³-hybridized carbons (Fsp3) is 0.909. The zero-order valence-electron chi connectivity index (χ0n) is 9.34. The van der Waals surface area contributed by atoms with Crippen LogP contribution in [0.5, 0.6) is 0 Å². The van der Waals surface area contributed by atoms with Crippen LogP contribution in [0.15, 0.2) is 0 Å². The van der Waals surface area contributed by atoms with Crippen molar-refractivity contribution in [3.8, 4) is 0 Å². The van der Waals surface area contributed by atoms with E-state index in [-0.39, 0.29) is 0 Å². The van der Waals surface area contributed by atoms with Gasteiger partial charge in [0.05, 0.1) is 19.1 Å². The van der Waals surface area contributed by atoms with E-state index in [9.17, 15) is 0 Å². The lowest BCUT2D eigenvalue weighted by Gasteiger charge is -2.31. The first-order chi connectivity index (χ1) is 6.25. The highest BCUT2D eigenvalue weighted by Crippen LogP contribution is 2.20. The quantitative estimate of drug-likeness (QED) is 0.536. The molecule has 0 aromatic rings. The van der Waals surface area contributed by atoms with E-state index >= 15 is 0 Å². The molecule has 3 aliphatic heterocycles. The number of hydrogen-bond acceptors (Lipinski definition) is 1. The highest BCUT2D eigenvalue weighted by Gasteiger charge is 2.31. The smallest absolute Gasteiger partial charge is 0.0688 e. The van der Waals surface area contributed by atoms with Gasteiger partial charge in [-0.15, -0.1) is 0 Å². The van der Waals surface area contributed by atoms with Crippen LogP contribution in [-0.2, 0) is 0 Å². The van der Waals surface area contributed by atoms with Gasteiger partial charge in [0.1, 0.15) is 0 Å². The van der Waals surface area contributed by atoms with E-state index in [0.29, 0.717) is 0 Å². The van der Waals surface area contributed by atoms with Crippen LogP contribution in [0.25, 0.3) is 0 Å². The molecule has 0 aromatic heterocycles. The third-order valence-corrected chi connectivity index (χ3v) is 3.18. The normalized spacial score (nSPS) is 39.2. The Morgan fingerprint density at radius 1 is 1.23 bits per heavy atom. The monoisotopic (exact) mass is 184 g/mol. The Balaban J connectivity index is 0.000000396. The van der Waals surface area contributed by atoms with Crippen molar-refractivity contribution in [3.05, 3.63) is 7.05 Å². The first kappa shape index (κ1) is 11.0. The molecule has 2 heteroatoms. The van der Waals surface area contributed by atoms with Crippen molar-refractivity contribution >= 4 is 0 Å². The van der Waals surface area contributed by atoms with Crippen LogP contribution in [0.2, 0.25) is 0 Å². The largest absolute Gasteiger partial charge is 0.466 e. The summed E-state index contributed by atoms with van der Waals surface area (Å²) in [6.07, 6.45) is 2.84. The second-order valence-electron chi connectivity index (χ2n) is 4.20. The molecule has 2 nitrogen and oxygen atoms in total. The molecule has 3 atom stereocenters. The molecule has 3 unspecified atom stereocenters. The Kier molecular flexibility index (Phi) is 4.20. The lowest BCUT2D eigenvalue weighted by molar-refractivity contribution is -0.855. The maximum atomic E-state index is 4.12. The summed E-state index contributed by atoms with van der Waals surface area (Å²) in [7, 11) is 6.38. The van der Waals surface area contributed by atoms with Gasteiger partial charge in [0, 0.05) is 12.5 Å². The van der Waals surface area contributed by atoms with Crippen molar-refractivity contribution in [2.45, 2.75) is 32.7 Å². The van der Waals surface area contributed by atoms with Crippen LogP contribution in [0.4, 0.5) is 0 Å². The number of quaternary nitrogens is 1. The predicted octanol–water partition coefficient (Wildman–Crippen LogP) is 0.413. The Morgan fingerprint density at radius 2 is 1.92 bits per heavy atom. The summed E-state index contributed by atoms with van der Waals surface area (Å²) in [5.41, 5.74) is 0. The van der Waals surface area contributed by atoms with Crippen LogP contribution in [0.1, 0.15) is 26.7 Å². The molecular weight excluding hydrogens is 160 g/mol. The molecule has 1 N–H and O–H groups in total. The number of hydrogen-bond donors (Lipinski definition) is 1. The molecule has 2 bridgehead atoms. The first-order valence-electron chi connectivity index (χ1n) is 5.62. The molecule has 78 valence electrons. The number of piperidine rings is 1. The molecule has 3 aliphatic rings. The van der Waals surface area contributed by atoms with Gasteiger partial charge in [0.25, 0.3) is 0 Å². The summed E-state index contributed by atoms with van der Waals surface area (Å²) < 4.78 is 0. The molecule has 0 spiro atoms. The van der Waals surface area contributed by atoms with Crippen LogP contribution >= 0.6 is 0 Å². The molecular formula is C11H24N2. The molecule has 3 rings (SSSR count). The zero-order valence-corrected chi connectivity index (χ0v) is 9.34. The van der Waals surface area contributed by atoms with Crippen LogP contribution in [-0.4, -0.2) is 37.6 Å². The van der Waals surface area contributed by atoms with Gasteiger partial charge >= 0.3 is 0 Å². The van der Waals surface area contributed by atoms with E-state index < -0.39 is 0 Å². The van der Waals surface area contributed by atoms with E-state index in [1.54, 1.807) is 0 Å². The lowest BCUT2D eigenvalue weighted by Crippen LogP contribution is -3.08. The van der Waals surface area contributed by atoms with Crippen LogP contribution < -0.4 is 4.90 Å². The van der Waals surface area contributed by atoms with Crippen molar-refractivity contribution in [3.63, 3.8) is 0 Å². The summed E-state index contributed by atoms with van der Waals surface area (Å²) in [6, 6.07) is 0.821. The second-order valence-corrected chi connectivity index (χ2v) is 4.20. The van der Waals surface area contributed by atoms with Gasteiger partial charge in [-0.1, -0.05) is 13.8 Å². The maximum absolute atomic E-state index is 4.12. The standard InChI is InChI=1S/C9H18N2.C2H6/c1-10-5-8-3-4-9(7-10)11(2)6-8;1-2/h8-10H,1,3-7H2,2H3;1-2H3. The third kappa shape index (κ3) is 2.68. The van der Waals surface area contributed by atoms with Crippen molar-refractivity contribution < 1.29 is 4.90 Å². The van der Waals surface area contributed by atoms with E-state index in [4.69, 9.17) is 0 Å². The Bertz CT molecular complexity index is 145. The fourth-order valence-corrected chi connectivity index (χ4v) is 2.55. The van der Waals surface area contributed by atoms with Gasteiger partial charge in [-0.25, -0.2) is 0 Å². The average molecular weight is 184 g/mol. The van der Waals surface area contributed by atoms with E-state index in [0.717, 1.165) is 12.0 Å². The molecule has 3 saturated heterocycles.